The van der Waals surface area contributed by atoms with Crippen molar-refractivity contribution in [2.75, 3.05) is 13.7 Å². The van der Waals surface area contributed by atoms with Crippen LogP contribution in [0.3, 0.4) is 0 Å². The Balaban J connectivity index is 2.34. The molecule has 1 rings (SSSR count). The lowest BCUT2D eigenvalue weighted by Gasteiger charge is -1.96. The predicted octanol–water partition coefficient (Wildman–Crippen LogP) is 0.876. The van der Waals surface area contributed by atoms with E-state index in [2.05, 4.69) is 4.74 Å². The molecule has 3 nitrogen and oxygen atoms in total. The van der Waals surface area contributed by atoms with Gasteiger partial charge in [-0.05, 0) is 6.08 Å². The van der Waals surface area contributed by atoms with Gasteiger partial charge in [-0.3, -0.25) is 0 Å². The topological polar surface area (TPSA) is 35.5 Å². The van der Waals surface area contributed by atoms with Gasteiger partial charge in [0.2, 0.25) is 0 Å². The van der Waals surface area contributed by atoms with E-state index in [4.69, 9.17) is 4.74 Å². The monoisotopic (exact) mass is 154 g/mol. The van der Waals surface area contributed by atoms with Crippen LogP contribution >= 0.6 is 0 Å². The van der Waals surface area contributed by atoms with Gasteiger partial charge in [0, 0.05) is 12.0 Å². The molecule has 0 fully saturated rings. The maximum atomic E-state index is 10.6. The Morgan fingerprint density at radius 1 is 1.82 bits per heavy atom. The number of esters is 1. The lowest BCUT2D eigenvalue weighted by Crippen LogP contribution is -1.98. The van der Waals surface area contributed by atoms with E-state index in [1.54, 1.807) is 12.3 Å². The van der Waals surface area contributed by atoms with Crippen molar-refractivity contribution in [1.82, 2.24) is 0 Å². The second-order valence-corrected chi connectivity index (χ2v) is 2.21. The van der Waals surface area contributed by atoms with Gasteiger partial charge in [-0.15, -0.1) is 0 Å². The van der Waals surface area contributed by atoms with Gasteiger partial charge in [-0.1, -0.05) is 6.08 Å². The Hall–Kier alpha value is -1.25. The molecule has 0 aromatic heterocycles. The van der Waals surface area contributed by atoms with Crippen LogP contribution in [0.5, 0.6) is 0 Å². The van der Waals surface area contributed by atoms with Gasteiger partial charge in [-0.2, -0.15) is 0 Å². The number of hydrogen-bond acceptors (Lipinski definition) is 3. The summed E-state index contributed by atoms with van der Waals surface area (Å²) in [7, 11) is 1.35. The van der Waals surface area contributed by atoms with Crippen LogP contribution in [0.2, 0.25) is 0 Å². The van der Waals surface area contributed by atoms with Crippen molar-refractivity contribution in [3.8, 4) is 0 Å². The summed E-state index contributed by atoms with van der Waals surface area (Å²) in [5.74, 6) is -0.112. The Kier molecular flexibility index (Phi) is 2.72. The average molecular weight is 154 g/mol. The van der Waals surface area contributed by atoms with Gasteiger partial charge in [0.25, 0.3) is 0 Å². The number of rotatable bonds is 2. The van der Waals surface area contributed by atoms with Gasteiger partial charge < -0.3 is 9.47 Å². The normalized spacial score (nSPS) is 22.1. The van der Waals surface area contributed by atoms with E-state index in [0.717, 1.165) is 0 Å². The Labute approximate surface area is 65.3 Å². The molecule has 60 valence electrons. The molecule has 0 aliphatic carbocycles. The summed E-state index contributed by atoms with van der Waals surface area (Å²) in [5, 5.41) is 0. The molecule has 1 aliphatic heterocycles. The molecule has 1 atom stereocenters. The van der Waals surface area contributed by atoms with Crippen LogP contribution in [0.4, 0.5) is 0 Å². The SMILES string of the molecule is COC(=O)/C=C/C1C=COC1. The van der Waals surface area contributed by atoms with Gasteiger partial charge in [-0.25, -0.2) is 4.79 Å². The molecule has 1 aliphatic rings. The summed E-state index contributed by atoms with van der Waals surface area (Å²) < 4.78 is 9.36. The highest BCUT2D eigenvalue weighted by atomic mass is 16.5. The minimum absolute atomic E-state index is 0.217. The molecule has 0 saturated carbocycles. The Morgan fingerprint density at radius 2 is 2.64 bits per heavy atom. The molecule has 0 aromatic carbocycles. The van der Waals surface area contributed by atoms with Crippen molar-refractivity contribution in [3.63, 3.8) is 0 Å². The summed E-state index contributed by atoms with van der Waals surface area (Å²) in [6.07, 6.45) is 6.69. The summed E-state index contributed by atoms with van der Waals surface area (Å²) in [6.45, 7) is 0.619. The second kappa shape index (κ2) is 3.81. The van der Waals surface area contributed by atoms with Gasteiger partial charge in [0.1, 0.15) is 0 Å². The Morgan fingerprint density at radius 3 is 3.18 bits per heavy atom. The minimum Gasteiger partial charge on any atom is -0.501 e. The van der Waals surface area contributed by atoms with E-state index in [1.807, 2.05) is 6.08 Å². The molecule has 11 heavy (non-hydrogen) atoms. The fourth-order valence-electron chi connectivity index (χ4n) is 0.769. The van der Waals surface area contributed by atoms with Crippen molar-refractivity contribution in [2.45, 2.75) is 0 Å². The van der Waals surface area contributed by atoms with Crippen LogP contribution < -0.4 is 0 Å². The molecule has 0 aromatic rings. The third kappa shape index (κ3) is 2.45. The third-order valence-electron chi connectivity index (χ3n) is 1.39. The summed E-state index contributed by atoms with van der Waals surface area (Å²) in [5.41, 5.74) is 0. The largest absolute Gasteiger partial charge is 0.501 e. The first kappa shape index (κ1) is 7.85. The zero-order valence-corrected chi connectivity index (χ0v) is 6.32. The van der Waals surface area contributed by atoms with Crippen molar-refractivity contribution in [3.05, 3.63) is 24.5 Å². The van der Waals surface area contributed by atoms with Gasteiger partial charge >= 0.3 is 5.97 Å². The van der Waals surface area contributed by atoms with Crippen LogP contribution in [0.1, 0.15) is 0 Å². The lowest BCUT2D eigenvalue weighted by atomic mass is 10.1. The van der Waals surface area contributed by atoms with Gasteiger partial charge in [0.15, 0.2) is 0 Å². The lowest BCUT2D eigenvalue weighted by molar-refractivity contribution is -0.134. The molecule has 3 heteroatoms. The number of ether oxygens (including phenoxy) is 2. The number of hydrogen-bond donors (Lipinski definition) is 0. The van der Waals surface area contributed by atoms with E-state index in [9.17, 15) is 4.79 Å². The van der Waals surface area contributed by atoms with Crippen LogP contribution in [0.15, 0.2) is 24.5 Å². The highest BCUT2D eigenvalue weighted by Gasteiger charge is 2.05. The molecule has 1 unspecified atom stereocenters. The molecule has 1 heterocycles. The standard InChI is InChI=1S/C8H10O3/c1-10-8(9)3-2-7-4-5-11-6-7/h2-5,7H,6H2,1H3/b3-2+. The molecule has 0 bridgehead atoms. The summed E-state index contributed by atoms with van der Waals surface area (Å²) in [6, 6.07) is 0. The highest BCUT2D eigenvalue weighted by Crippen LogP contribution is 2.08. The van der Waals surface area contributed by atoms with E-state index in [0.29, 0.717) is 6.61 Å². The minimum atomic E-state index is -0.328. The van der Waals surface area contributed by atoms with Crippen molar-refractivity contribution >= 4 is 5.97 Å². The zero-order valence-electron chi connectivity index (χ0n) is 6.32. The first-order valence-electron chi connectivity index (χ1n) is 3.37. The van der Waals surface area contributed by atoms with E-state index in [1.165, 1.54) is 13.2 Å². The highest BCUT2D eigenvalue weighted by molar-refractivity contribution is 5.81. The fourth-order valence-corrected chi connectivity index (χ4v) is 0.769. The summed E-state index contributed by atoms with van der Waals surface area (Å²) in [4.78, 5) is 10.6. The zero-order chi connectivity index (χ0) is 8.10. The van der Waals surface area contributed by atoms with Crippen molar-refractivity contribution in [2.24, 2.45) is 5.92 Å². The quantitative estimate of drug-likeness (QED) is 0.437. The van der Waals surface area contributed by atoms with Gasteiger partial charge in [0.05, 0.1) is 20.0 Å². The van der Waals surface area contributed by atoms with E-state index in [-0.39, 0.29) is 11.9 Å². The predicted molar refractivity (Wildman–Crippen MR) is 39.7 cm³/mol. The molecule has 0 N–H and O–H groups in total. The van der Waals surface area contributed by atoms with Crippen molar-refractivity contribution in [1.29, 1.82) is 0 Å². The molecule has 0 radical (unpaired) electrons. The van der Waals surface area contributed by atoms with Crippen LogP contribution in [0.25, 0.3) is 0 Å². The molecule has 0 amide bonds. The number of carbonyl (C=O) groups is 1. The average Bonchev–Trinajstić information content (AvgIpc) is 2.52. The van der Waals surface area contributed by atoms with Crippen LogP contribution in [0, 0.1) is 5.92 Å². The molecule has 0 spiro atoms. The fraction of sp³-hybridized carbons (Fsp3) is 0.375. The molecular weight excluding hydrogens is 144 g/mol. The first-order valence-corrected chi connectivity index (χ1v) is 3.37. The van der Waals surface area contributed by atoms with Crippen LogP contribution in [-0.2, 0) is 14.3 Å². The third-order valence-corrected chi connectivity index (χ3v) is 1.39. The molecule has 0 saturated heterocycles. The Bertz CT molecular complexity index is 194. The van der Waals surface area contributed by atoms with E-state index < -0.39 is 0 Å². The maximum Gasteiger partial charge on any atom is 0.330 e. The smallest absolute Gasteiger partial charge is 0.330 e. The molecular formula is C8H10O3. The maximum absolute atomic E-state index is 10.6. The van der Waals surface area contributed by atoms with Crippen molar-refractivity contribution < 1.29 is 14.3 Å². The number of carbonyl (C=O) groups excluding carboxylic acids is 1. The van der Waals surface area contributed by atoms with E-state index >= 15 is 0 Å². The van der Waals surface area contributed by atoms with Crippen LogP contribution in [-0.4, -0.2) is 19.7 Å². The first-order chi connectivity index (χ1) is 5.33. The number of methoxy groups -OCH3 is 1. The summed E-state index contributed by atoms with van der Waals surface area (Å²) >= 11 is 0. The second-order valence-electron chi connectivity index (χ2n) is 2.21.